The van der Waals surface area contributed by atoms with E-state index in [1.807, 2.05) is 18.2 Å². The van der Waals surface area contributed by atoms with Crippen molar-refractivity contribution in [1.82, 2.24) is 20.3 Å². The summed E-state index contributed by atoms with van der Waals surface area (Å²) in [6, 6.07) is 17.4. The maximum atomic E-state index is 16.1. The van der Waals surface area contributed by atoms with E-state index in [1.54, 1.807) is 36.5 Å². The summed E-state index contributed by atoms with van der Waals surface area (Å²) < 4.78 is 54.4. The third-order valence-electron chi connectivity index (χ3n) is 11.5. The smallest absolute Gasteiger partial charge is 0.467 e. The van der Waals surface area contributed by atoms with Gasteiger partial charge in [-0.1, -0.05) is 42.3 Å². The number of nitrogens with zero attached hydrogens (tertiary/aromatic N) is 5. The van der Waals surface area contributed by atoms with Gasteiger partial charge in [-0.05, 0) is 52.7 Å². The Morgan fingerprint density at radius 1 is 1.09 bits per heavy atom. The van der Waals surface area contributed by atoms with Crippen molar-refractivity contribution < 1.29 is 95.8 Å². The second kappa shape index (κ2) is 18.4. The van der Waals surface area contributed by atoms with Crippen molar-refractivity contribution in [3.8, 4) is 29.6 Å². The number of hydrogen-bond acceptors (Lipinski definition) is 8. The van der Waals surface area contributed by atoms with Gasteiger partial charge in [0.25, 0.3) is 0 Å². The molecular weight excluding hydrogens is 875 g/mol. The summed E-state index contributed by atoms with van der Waals surface area (Å²) in [6.45, 7) is 4.54. The molecular formula is C42H45ClCsF2N6O3S+. The van der Waals surface area contributed by atoms with Crippen molar-refractivity contribution in [1.29, 1.82) is 0 Å². The number of piperazine rings is 1. The van der Waals surface area contributed by atoms with E-state index in [4.69, 9.17) is 26.6 Å². The molecule has 2 bridgehead atoms. The molecule has 6 atom stereocenters. The number of likely N-dealkylation sites (N-methyl/N-ethyl adjacent to an activating group) is 1. The Bertz CT molecular complexity index is 2300. The van der Waals surface area contributed by atoms with E-state index in [2.05, 4.69) is 38.1 Å². The average Bonchev–Trinajstić information content (AvgIpc) is 3.82. The standard InChI is InChI=1S/C26H21F2N5O.C15H21ClNO2S.CH3.Cs/c1-3-17-20(27)10-7-14-5-4-6-18(21(14)17)23-22(28)24-19(11-29-23)25(32-26(31-24)34-2)33-12-15-8-9-16(13-33)30-15;1-17-7-3-5-13(17)9-14(10-17)19-11-12-4-2-6-15(8-12)20(16)18;;/h1,4-7,10-11,15-16,30H,8-9,12-13H2,2H3;2,4,6,8,13-14H,3,5,7,9-11H2,1H3;1H3;/q;+1;-1;+1. The van der Waals surface area contributed by atoms with Crippen LogP contribution in [0.3, 0.4) is 0 Å². The van der Waals surface area contributed by atoms with E-state index >= 15 is 4.39 Å². The van der Waals surface area contributed by atoms with Gasteiger partial charge in [-0.15, -0.1) is 6.42 Å². The number of ether oxygens (including phenoxy) is 2. The molecule has 4 aliphatic rings. The second-order valence-corrected chi connectivity index (χ2v) is 16.7. The molecule has 1 N–H and O–H groups in total. The minimum Gasteiger partial charge on any atom is -0.467 e. The fraction of sp³-hybridized carbons (Fsp3) is 0.381. The second-order valence-electron chi connectivity index (χ2n) is 15.0. The van der Waals surface area contributed by atoms with Crippen LogP contribution >= 0.6 is 10.7 Å². The van der Waals surface area contributed by atoms with Crippen LogP contribution in [0, 0.1) is 31.4 Å². The largest absolute Gasteiger partial charge is 1.00 e. The fourth-order valence-electron chi connectivity index (χ4n) is 8.91. The average molecular weight is 920 g/mol. The zero-order valence-corrected chi connectivity index (χ0v) is 40.1. The number of rotatable bonds is 7. The van der Waals surface area contributed by atoms with Crippen molar-refractivity contribution >= 4 is 48.2 Å². The fourth-order valence-corrected chi connectivity index (χ4v) is 9.63. The van der Waals surface area contributed by atoms with Crippen LogP contribution in [0.2, 0.25) is 0 Å². The molecule has 5 aromatic rings. The van der Waals surface area contributed by atoms with Gasteiger partial charge < -0.3 is 31.6 Å². The molecule has 56 heavy (non-hydrogen) atoms. The number of anilines is 1. The van der Waals surface area contributed by atoms with Crippen LogP contribution in [0.15, 0.2) is 65.7 Å². The molecule has 6 unspecified atom stereocenters. The first kappa shape index (κ1) is 43.4. The molecule has 14 heteroatoms. The van der Waals surface area contributed by atoms with Crippen LogP contribution in [0.5, 0.6) is 6.01 Å². The molecule has 2 aromatic heterocycles. The number of pyridine rings is 1. The minimum absolute atomic E-state index is 0. The molecule has 6 heterocycles. The van der Waals surface area contributed by atoms with Gasteiger partial charge in [0.1, 0.15) is 45.5 Å². The van der Waals surface area contributed by atoms with Crippen molar-refractivity contribution in [2.24, 2.45) is 0 Å². The maximum absolute atomic E-state index is 16.1. The van der Waals surface area contributed by atoms with Gasteiger partial charge in [0.05, 0.1) is 49.2 Å². The van der Waals surface area contributed by atoms with Gasteiger partial charge in [0.15, 0.2) is 5.82 Å². The zero-order valence-electron chi connectivity index (χ0n) is 32.2. The summed E-state index contributed by atoms with van der Waals surface area (Å²) in [5, 5.41) is 5.23. The van der Waals surface area contributed by atoms with E-state index < -0.39 is 21.6 Å². The van der Waals surface area contributed by atoms with Crippen LogP contribution in [-0.2, 0) is 21.4 Å². The van der Waals surface area contributed by atoms with Crippen molar-refractivity contribution in [2.45, 2.75) is 67.8 Å². The van der Waals surface area contributed by atoms with E-state index in [0.29, 0.717) is 57.2 Å². The van der Waals surface area contributed by atoms with Crippen molar-refractivity contribution in [3.63, 3.8) is 0 Å². The summed E-state index contributed by atoms with van der Waals surface area (Å²) in [7, 11) is 7.99. The number of nitrogens with one attached hydrogen (secondary N) is 1. The van der Waals surface area contributed by atoms with Gasteiger partial charge >= 0.3 is 74.9 Å². The van der Waals surface area contributed by atoms with Crippen LogP contribution in [0.1, 0.15) is 43.2 Å². The molecule has 3 aromatic carbocycles. The number of methoxy groups -OCH3 is 1. The summed E-state index contributed by atoms with van der Waals surface area (Å²) in [5.41, 5.74) is 1.68. The molecule has 9 nitrogen and oxygen atoms in total. The number of halogens is 3. The molecule has 9 rings (SSSR count). The molecule has 0 radical (unpaired) electrons. The zero-order chi connectivity index (χ0) is 37.6. The number of hydrogen-bond donors (Lipinski definition) is 1. The first-order valence-electron chi connectivity index (χ1n) is 18.4. The van der Waals surface area contributed by atoms with E-state index in [1.165, 1.54) is 43.5 Å². The summed E-state index contributed by atoms with van der Waals surface area (Å²) in [5.74, 6) is 1.84. The molecule has 4 aliphatic heterocycles. The van der Waals surface area contributed by atoms with Crippen molar-refractivity contribution in [2.75, 3.05) is 45.2 Å². The van der Waals surface area contributed by atoms with Gasteiger partial charge in [0.2, 0.25) is 0 Å². The molecule has 0 spiro atoms. The summed E-state index contributed by atoms with van der Waals surface area (Å²) in [4.78, 5) is 16.1. The third-order valence-corrected chi connectivity index (χ3v) is 12.7. The third kappa shape index (κ3) is 8.72. The number of quaternary nitrogens is 1. The van der Waals surface area contributed by atoms with Gasteiger partial charge in [0, 0.05) is 61.6 Å². The van der Waals surface area contributed by atoms with E-state index in [0.717, 1.165) is 44.1 Å². The topological polar surface area (TPSA) is 89.5 Å². The van der Waals surface area contributed by atoms with Gasteiger partial charge in [-0.25, -0.2) is 13.0 Å². The van der Waals surface area contributed by atoms with Gasteiger partial charge in [-0.3, -0.25) is 4.98 Å². The maximum Gasteiger partial charge on any atom is 1.00 e. The number of terminal acetylenes is 1. The monoisotopic (exact) mass is 919 g/mol. The van der Waals surface area contributed by atoms with Crippen LogP contribution in [0.25, 0.3) is 32.9 Å². The summed E-state index contributed by atoms with van der Waals surface area (Å²) in [6.07, 6.45) is 13.6. The SMILES string of the molecule is C#Cc1c(F)ccc2cccc(-c3ncc4c(N5CC6CCC(C5)N6)nc(OC)nc4c3F)c12.C[N+]12CCCC1CC(OCc1cccc(S(=O)Cl)c1)C2.[CH3-].[Cs+]. The Labute approximate surface area is 393 Å². The molecule has 0 amide bonds. The van der Waals surface area contributed by atoms with Gasteiger partial charge in [-0.2, -0.15) is 9.97 Å². The van der Waals surface area contributed by atoms with Crippen LogP contribution in [-0.4, -0.2) is 88.2 Å². The Balaban J connectivity index is 0.000000208. The minimum atomic E-state index is -1.44. The predicted octanol–water partition coefficient (Wildman–Crippen LogP) is 4.35. The normalized spacial score (nSPS) is 24.0. The quantitative estimate of drug-likeness (QED) is 0.112. The molecule has 0 aliphatic carbocycles. The molecule has 288 valence electrons. The van der Waals surface area contributed by atoms with E-state index in [-0.39, 0.29) is 99.1 Å². The first-order chi connectivity index (χ1) is 26.1. The predicted molar refractivity (Wildman–Crippen MR) is 214 cm³/mol. The summed E-state index contributed by atoms with van der Waals surface area (Å²) >= 11 is 0. The van der Waals surface area contributed by atoms with Crippen molar-refractivity contribution in [3.05, 3.63) is 91.0 Å². The molecule has 4 saturated heterocycles. The van der Waals surface area contributed by atoms with Crippen LogP contribution < -0.4 is 83.8 Å². The van der Waals surface area contributed by atoms with Crippen LogP contribution in [0.4, 0.5) is 14.6 Å². The number of aromatic nitrogens is 3. The first-order valence-corrected chi connectivity index (χ1v) is 20.3. The number of fused-ring (bicyclic) bond motifs is 5. The number of benzene rings is 3. The Morgan fingerprint density at radius 3 is 2.57 bits per heavy atom. The van der Waals surface area contributed by atoms with E-state index in [9.17, 15) is 8.60 Å². The Hall–Kier alpha value is -2.20. The molecule has 0 saturated carbocycles. The molecule has 4 fully saturated rings. The Morgan fingerprint density at radius 2 is 1.86 bits per heavy atom. The Kier molecular flexibility index (Phi) is 14.2.